The van der Waals surface area contributed by atoms with Crippen LogP contribution in [-0.4, -0.2) is 23.2 Å². The van der Waals surface area contributed by atoms with Crippen LogP contribution in [0, 0.1) is 0 Å². The summed E-state index contributed by atoms with van der Waals surface area (Å²) in [5.41, 5.74) is 8.74. The molecule has 2 aromatic rings. The van der Waals surface area contributed by atoms with Crippen molar-refractivity contribution in [1.29, 1.82) is 0 Å². The van der Waals surface area contributed by atoms with Crippen molar-refractivity contribution < 1.29 is 0 Å². The highest BCUT2D eigenvalue weighted by molar-refractivity contribution is 5.74. The molecule has 0 saturated heterocycles. The molecule has 4 heteroatoms. The molecule has 14 heavy (non-hydrogen) atoms. The molecule has 74 valence electrons. The lowest BCUT2D eigenvalue weighted by Crippen LogP contribution is -2.24. The summed E-state index contributed by atoms with van der Waals surface area (Å²) in [5.74, 6) is 0. The number of H-pyrrole nitrogens is 1. The minimum absolute atomic E-state index is 0.534. The SMILES string of the molecule is NCNCCc1ccc2nc[nH]c2c1. The quantitative estimate of drug-likeness (QED) is 0.489. The molecule has 0 aliphatic heterocycles. The molecule has 4 N–H and O–H groups in total. The van der Waals surface area contributed by atoms with E-state index in [0.29, 0.717) is 6.67 Å². The van der Waals surface area contributed by atoms with E-state index in [9.17, 15) is 0 Å². The average Bonchev–Trinajstić information content (AvgIpc) is 2.65. The average molecular weight is 190 g/mol. The number of fused-ring (bicyclic) bond motifs is 1. The number of aromatic amines is 1. The van der Waals surface area contributed by atoms with Crippen molar-refractivity contribution in [3.05, 3.63) is 30.1 Å². The van der Waals surface area contributed by atoms with Crippen LogP contribution in [0.3, 0.4) is 0 Å². The topological polar surface area (TPSA) is 66.7 Å². The second kappa shape index (κ2) is 4.21. The first kappa shape index (κ1) is 9.18. The van der Waals surface area contributed by atoms with E-state index >= 15 is 0 Å². The Morgan fingerprint density at radius 2 is 2.36 bits per heavy atom. The lowest BCUT2D eigenvalue weighted by Gasteiger charge is -2.01. The number of imidazole rings is 1. The zero-order chi connectivity index (χ0) is 9.80. The third-order valence-electron chi connectivity index (χ3n) is 2.22. The summed E-state index contributed by atoms with van der Waals surface area (Å²) >= 11 is 0. The van der Waals surface area contributed by atoms with Crippen molar-refractivity contribution in [2.24, 2.45) is 5.73 Å². The summed E-state index contributed by atoms with van der Waals surface area (Å²) in [7, 11) is 0. The van der Waals surface area contributed by atoms with Crippen LogP contribution < -0.4 is 11.1 Å². The van der Waals surface area contributed by atoms with E-state index in [0.717, 1.165) is 24.0 Å². The second-order valence-corrected chi connectivity index (χ2v) is 3.21. The van der Waals surface area contributed by atoms with Gasteiger partial charge in [-0.2, -0.15) is 0 Å². The van der Waals surface area contributed by atoms with Crippen molar-refractivity contribution >= 4 is 11.0 Å². The van der Waals surface area contributed by atoms with Crippen molar-refractivity contribution in [2.75, 3.05) is 13.2 Å². The van der Waals surface area contributed by atoms with Crippen LogP contribution in [0.1, 0.15) is 5.56 Å². The Labute approximate surface area is 82.5 Å². The highest BCUT2D eigenvalue weighted by Crippen LogP contribution is 2.11. The molecule has 0 spiro atoms. The van der Waals surface area contributed by atoms with Crippen molar-refractivity contribution in [3.63, 3.8) is 0 Å². The molecule has 0 fully saturated rings. The van der Waals surface area contributed by atoms with Gasteiger partial charge < -0.3 is 16.0 Å². The van der Waals surface area contributed by atoms with E-state index in [-0.39, 0.29) is 0 Å². The molecule has 1 aromatic heterocycles. The summed E-state index contributed by atoms with van der Waals surface area (Å²) in [6, 6.07) is 6.26. The largest absolute Gasteiger partial charge is 0.345 e. The molecule has 4 nitrogen and oxygen atoms in total. The molecule has 0 radical (unpaired) electrons. The van der Waals surface area contributed by atoms with Gasteiger partial charge in [0, 0.05) is 13.2 Å². The number of nitrogens with zero attached hydrogens (tertiary/aromatic N) is 1. The van der Waals surface area contributed by atoms with Gasteiger partial charge in [0.2, 0.25) is 0 Å². The Morgan fingerprint density at radius 3 is 3.21 bits per heavy atom. The Hall–Kier alpha value is -1.39. The number of rotatable bonds is 4. The first-order valence-corrected chi connectivity index (χ1v) is 4.73. The van der Waals surface area contributed by atoms with E-state index in [1.807, 2.05) is 6.07 Å². The van der Waals surface area contributed by atoms with Crippen LogP contribution in [0.5, 0.6) is 0 Å². The van der Waals surface area contributed by atoms with Crippen LogP contribution in [0.25, 0.3) is 11.0 Å². The number of aromatic nitrogens is 2. The lowest BCUT2D eigenvalue weighted by atomic mass is 10.1. The summed E-state index contributed by atoms with van der Waals surface area (Å²) in [6.45, 7) is 1.45. The van der Waals surface area contributed by atoms with Crippen LogP contribution in [0.15, 0.2) is 24.5 Å². The van der Waals surface area contributed by atoms with Gasteiger partial charge in [-0.15, -0.1) is 0 Å². The Morgan fingerprint density at radius 1 is 1.43 bits per heavy atom. The van der Waals surface area contributed by atoms with Crippen LogP contribution in [0.2, 0.25) is 0 Å². The molecule has 1 aromatic carbocycles. The van der Waals surface area contributed by atoms with Gasteiger partial charge in [0.1, 0.15) is 0 Å². The molecule has 0 saturated carbocycles. The predicted octanol–water partition coefficient (Wildman–Crippen LogP) is 0.611. The van der Waals surface area contributed by atoms with Gasteiger partial charge in [-0.1, -0.05) is 6.07 Å². The third-order valence-corrected chi connectivity index (χ3v) is 2.22. The van der Waals surface area contributed by atoms with Crippen LogP contribution >= 0.6 is 0 Å². The number of nitrogens with one attached hydrogen (secondary N) is 2. The van der Waals surface area contributed by atoms with E-state index in [2.05, 4.69) is 27.4 Å². The molecular formula is C10H14N4. The van der Waals surface area contributed by atoms with Gasteiger partial charge >= 0.3 is 0 Å². The molecule has 0 aliphatic carbocycles. The normalized spacial score (nSPS) is 10.9. The lowest BCUT2D eigenvalue weighted by molar-refractivity contribution is 0.701. The van der Waals surface area contributed by atoms with E-state index in [4.69, 9.17) is 5.73 Å². The second-order valence-electron chi connectivity index (χ2n) is 3.21. The molecule has 0 bridgehead atoms. The molecular weight excluding hydrogens is 176 g/mol. The summed E-state index contributed by atoms with van der Waals surface area (Å²) in [6.07, 6.45) is 2.71. The first-order chi connectivity index (χ1) is 6.90. The Balaban J connectivity index is 2.10. The van der Waals surface area contributed by atoms with Gasteiger partial charge in [0.15, 0.2) is 0 Å². The minimum Gasteiger partial charge on any atom is -0.345 e. The maximum Gasteiger partial charge on any atom is 0.0931 e. The Kier molecular flexibility index (Phi) is 2.76. The van der Waals surface area contributed by atoms with Crippen molar-refractivity contribution in [3.8, 4) is 0 Å². The predicted molar refractivity (Wildman–Crippen MR) is 56.9 cm³/mol. The zero-order valence-electron chi connectivity index (χ0n) is 7.96. The smallest absolute Gasteiger partial charge is 0.0931 e. The minimum atomic E-state index is 0.534. The molecule has 0 atom stereocenters. The van der Waals surface area contributed by atoms with Crippen molar-refractivity contribution in [2.45, 2.75) is 6.42 Å². The standard InChI is InChI=1S/C10H14N4/c11-6-12-4-3-8-1-2-9-10(5-8)14-7-13-9/h1-2,5,7,12H,3-4,6,11H2,(H,13,14). The maximum absolute atomic E-state index is 5.34. The fourth-order valence-electron chi connectivity index (χ4n) is 1.47. The maximum atomic E-state index is 5.34. The summed E-state index contributed by atoms with van der Waals surface area (Å²) in [4.78, 5) is 7.26. The zero-order valence-corrected chi connectivity index (χ0v) is 7.96. The number of nitrogens with two attached hydrogens (primary N) is 1. The molecule has 0 aliphatic rings. The van der Waals surface area contributed by atoms with Crippen LogP contribution in [-0.2, 0) is 6.42 Å². The highest BCUT2D eigenvalue weighted by atomic mass is 14.9. The molecule has 0 unspecified atom stereocenters. The first-order valence-electron chi connectivity index (χ1n) is 4.73. The van der Waals surface area contributed by atoms with E-state index in [1.165, 1.54) is 5.56 Å². The fraction of sp³-hybridized carbons (Fsp3) is 0.300. The Bertz CT molecular complexity index is 407. The molecule has 1 heterocycles. The number of benzene rings is 1. The number of hydrogen-bond donors (Lipinski definition) is 3. The third kappa shape index (κ3) is 1.92. The fourth-order valence-corrected chi connectivity index (χ4v) is 1.47. The van der Waals surface area contributed by atoms with Gasteiger partial charge in [-0.05, 0) is 24.1 Å². The summed E-state index contributed by atoms with van der Waals surface area (Å²) in [5, 5.41) is 3.09. The number of hydrogen-bond acceptors (Lipinski definition) is 3. The van der Waals surface area contributed by atoms with Gasteiger partial charge in [-0.3, -0.25) is 0 Å². The van der Waals surface area contributed by atoms with E-state index in [1.54, 1.807) is 6.33 Å². The van der Waals surface area contributed by atoms with E-state index < -0.39 is 0 Å². The van der Waals surface area contributed by atoms with Gasteiger partial charge in [-0.25, -0.2) is 4.98 Å². The summed E-state index contributed by atoms with van der Waals surface area (Å²) < 4.78 is 0. The van der Waals surface area contributed by atoms with Crippen molar-refractivity contribution in [1.82, 2.24) is 15.3 Å². The highest BCUT2D eigenvalue weighted by Gasteiger charge is 1.97. The molecule has 0 amide bonds. The molecule has 2 rings (SSSR count). The van der Waals surface area contributed by atoms with Crippen LogP contribution in [0.4, 0.5) is 0 Å². The van der Waals surface area contributed by atoms with Gasteiger partial charge in [0.05, 0.1) is 17.4 Å². The monoisotopic (exact) mass is 190 g/mol. The van der Waals surface area contributed by atoms with Gasteiger partial charge in [0.25, 0.3) is 0 Å².